The normalized spacial score (nSPS) is 12.6. The molecule has 0 fully saturated rings. The van der Waals surface area contributed by atoms with Crippen molar-refractivity contribution < 1.29 is 19.1 Å². The fraction of sp³-hybridized carbons (Fsp3) is 0.100. The first-order chi connectivity index (χ1) is 7.32. The van der Waals surface area contributed by atoms with E-state index in [9.17, 15) is 9.36 Å². The first-order valence-electron chi connectivity index (χ1n) is 4.45. The number of rotatable bonds is 3. The molecule has 1 aromatic carbocycles. The van der Waals surface area contributed by atoms with Crippen molar-refractivity contribution in [2.45, 2.75) is 6.92 Å². The molecule has 16 heavy (non-hydrogen) atoms. The minimum atomic E-state index is -4.34. The number of primary amides is 1. The third-order valence-corrected chi connectivity index (χ3v) is 3.05. The van der Waals surface area contributed by atoms with Crippen molar-refractivity contribution in [2.75, 3.05) is 0 Å². The van der Waals surface area contributed by atoms with Gasteiger partial charge in [0.15, 0.2) is 0 Å². The van der Waals surface area contributed by atoms with Crippen molar-refractivity contribution in [3.63, 3.8) is 0 Å². The summed E-state index contributed by atoms with van der Waals surface area (Å²) in [5, 5.41) is -0.115. The molecule has 0 aromatic heterocycles. The second-order valence-corrected chi connectivity index (χ2v) is 4.86. The maximum absolute atomic E-state index is 11.2. The van der Waals surface area contributed by atoms with Crippen LogP contribution in [0.2, 0.25) is 0 Å². The van der Waals surface area contributed by atoms with Crippen molar-refractivity contribution >= 4 is 24.9 Å². The Morgan fingerprint density at radius 3 is 2.44 bits per heavy atom. The highest BCUT2D eigenvalue weighted by Gasteiger charge is 2.19. The summed E-state index contributed by atoms with van der Waals surface area (Å²) < 4.78 is 11.2. The van der Waals surface area contributed by atoms with E-state index in [-0.39, 0.29) is 10.9 Å². The van der Waals surface area contributed by atoms with Crippen LogP contribution in [0.1, 0.15) is 12.5 Å². The number of benzene rings is 1. The summed E-state index contributed by atoms with van der Waals surface area (Å²) in [4.78, 5) is 29.0. The fourth-order valence-electron chi connectivity index (χ4n) is 1.18. The summed E-state index contributed by atoms with van der Waals surface area (Å²) in [6.07, 6.45) is 1.36. The highest BCUT2D eigenvalue weighted by molar-refractivity contribution is 7.60. The van der Waals surface area contributed by atoms with Gasteiger partial charge in [0.2, 0.25) is 5.91 Å². The predicted octanol–water partition coefficient (Wildman–Crippen LogP) is 0.378. The molecule has 5 nitrogen and oxygen atoms in total. The molecule has 0 saturated heterocycles. The number of carbonyl (C=O) groups excluding carboxylic acids is 1. The van der Waals surface area contributed by atoms with Crippen molar-refractivity contribution in [1.82, 2.24) is 0 Å². The summed E-state index contributed by atoms with van der Waals surface area (Å²) in [7, 11) is -4.34. The van der Waals surface area contributed by atoms with Gasteiger partial charge in [-0.3, -0.25) is 9.36 Å². The molecule has 6 heteroatoms. The number of nitrogens with two attached hydrogens (primary N) is 1. The standard InChI is InChI=1S/C10H12NO4P/c1-7(10(11)12)6-8-4-2-3-5-9(8)16(13,14)15/h2-6H,1H3,(H2,11,12)(H2,13,14,15). The third kappa shape index (κ3) is 3.03. The zero-order chi connectivity index (χ0) is 12.3. The van der Waals surface area contributed by atoms with Crippen molar-refractivity contribution in [2.24, 2.45) is 5.73 Å². The van der Waals surface area contributed by atoms with Gasteiger partial charge in [-0.05, 0) is 24.6 Å². The Morgan fingerprint density at radius 1 is 1.38 bits per heavy atom. The number of carbonyl (C=O) groups is 1. The molecule has 0 saturated carbocycles. The maximum Gasteiger partial charge on any atom is 0.356 e. The van der Waals surface area contributed by atoms with Crippen LogP contribution in [-0.2, 0) is 9.36 Å². The lowest BCUT2D eigenvalue weighted by atomic mass is 10.1. The van der Waals surface area contributed by atoms with Gasteiger partial charge in [0, 0.05) is 5.57 Å². The summed E-state index contributed by atoms with van der Waals surface area (Å²) in [5.41, 5.74) is 5.58. The van der Waals surface area contributed by atoms with E-state index in [1.54, 1.807) is 6.07 Å². The van der Waals surface area contributed by atoms with Crippen LogP contribution in [-0.4, -0.2) is 15.7 Å². The SMILES string of the molecule is CC(=Cc1ccccc1P(=O)(O)O)C(N)=O. The first-order valence-corrected chi connectivity index (χ1v) is 6.07. The third-order valence-electron chi connectivity index (χ3n) is 2.01. The monoisotopic (exact) mass is 241 g/mol. The Labute approximate surface area is 92.8 Å². The van der Waals surface area contributed by atoms with Crippen molar-refractivity contribution in [3.05, 3.63) is 35.4 Å². The van der Waals surface area contributed by atoms with Gasteiger partial charge in [-0.25, -0.2) is 0 Å². The second kappa shape index (κ2) is 4.61. The minimum absolute atomic E-state index is 0.115. The fourth-order valence-corrected chi connectivity index (χ4v) is 1.93. The Kier molecular flexibility index (Phi) is 3.65. The highest BCUT2D eigenvalue weighted by atomic mass is 31.2. The summed E-state index contributed by atoms with van der Waals surface area (Å²) in [6.45, 7) is 1.48. The smallest absolute Gasteiger partial charge is 0.356 e. The zero-order valence-electron chi connectivity index (χ0n) is 8.62. The minimum Gasteiger partial charge on any atom is -0.366 e. The number of hydrogen-bond acceptors (Lipinski definition) is 2. The predicted molar refractivity (Wildman–Crippen MR) is 61.0 cm³/mol. The summed E-state index contributed by atoms with van der Waals surface area (Å²) >= 11 is 0. The van der Waals surface area contributed by atoms with Crippen LogP contribution in [0.3, 0.4) is 0 Å². The van der Waals surface area contributed by atoms with E-state index in [0.29, 0.717) is 5.56 Å². The van der Waals surface area contributed by atoms with Gasteiger partial charge in [0.1, 0.15) is 0 Å². The molecule has 0 spiro atoms. The van der Waals surface area contributed by atoms with E-state index >= 15 is 0 Å². The quantitative estimate of drug-likeness (QED) is 0.526. The van der Waals surface area contributed by atoms with Crippen LogP contribution in [0.5, 0.6) is 0 Å². The average Bonchev–Trinajstić information content (AvgIpc) is 2.16. The molecule has 86 valence electrons. The van der Waals surface area contributed by atoms with E-state index in [4.69, 9.17) is 15.5 Å². The number of hydrogen-bond donors (Lipinski definition) is 3. The lowest BCUT2D eigenvalue weighted by molar-refractivity contribution is -0.114. The number of amides is 1. The molecule has 0 heterocycles. The van der Waals surface area contributed by atoms with E-state index in [1.165, 1.54) is 31.2 Å². The lowest BCUT2D eigenvalue weighted by Gasteiger charge is -2.07. The molecular weight excluding hydrogens is 229 g/mol. The van der Waals surface area contributed by atoms with Crippen molar-refractivity contribution in [3.8, 4) is 0 Å². The van der Waals surface area contributed by atoms with Gasteiger partial charge >= 0.3 is 7.60 Å². The van der Waals surface area contributed by atoms with Crippen LogP contribution < -0.4 is 11.0 Å². The molecule has 0 radical (unpaired) electrons. The van der Waals surface area contributed by atoms with Gasteiger partial charge in [-0.1, -0.05) is 18.2 Å². The van der Waals surface area contributed by atoms with Gasteiger partial charge < -0.3 is 15.5 Å². The lowest BCUT2D eigenvalue weighted by Crippen LogP contribution is -2.13. The van der Waals surface area contributed by atoms with Crippen LogP contribution >= 0.6 is 7.60 Å². The van der Waals surface area contributed by atoms with Crippen molar-refractivity contribution in [1.29, 1.82) is 0 Å². The van der Waals surface area contributed by atoms with Gasteiger partial charge in [0.05, 0.1) is 5.30 Å². The van der Waals surface area contributed by atoms with E-state index < -0.39 is 13.5 Å². The Morgan fingerprint density at radius 2 is 1.94 bits per heavy atom. The van der Waals surface area contributed by atoms with E-state index in [2.05, 4.69) is 0 Å². The van der Waals surface area contributed by atoms with Crippen LogP contribution in [0.25, 0.3) is 6.08 Å². The summed E-state index contributed by atoms with van der Waals surface area (Å²) in [6, 6.07) is 5.98. The van der Waals surface area contributed by atoms with Crippen LogP contribution in [0.4, 0.5) is 0 Å². The highest BCUT2D eigenvalue weighted by Crippen LogP contribution is 2.35. The van der Waals surface area contributed by atoms with Gasteiger partial charge in [-0.2, -0.15) is 0 Å². The molecule has 0 unspecified atom stereocenters. The molecule has 1 amide bonds. The van der Waals surface area contributed by atoms with E-state index in [0.717, 1.165) is 0 Å². The molecule has 0 bridgehead atoms. The summed E-state index contributed by atoms with van der Waals surface area (Å²) in [5.74, 6) is -0.625. The van der Waals surface area contributed by atoms with Crippen LogP contribution in [0.15, 0.2) is 29.8 Å². The Bertz CT molecular complexity index is 489. The van der Waals surface area contributed by atoms with Gasteiger partial charge in [-0.15, -0.1) is 0 Å². The van der Waals surface area contributed by atoms with E-state index in [1.807, 2.05) is 0 Å². The topological polar surface area (TPSA) is 101 Å². The molecule has 0 aliphatic carbocycles. The molecule has 1 aromatic rings. The maximum atomic E-state index is 11.2. The second-order valence-electron chi connectivity index (χ2n) is 3.29. The molecule has 4 N–H and O–H groups in total. The Balaban J connectivity index is 3.31. The first kappa shape index (κ1) is 12.6. The zero-order valence-corrected chi connectivity index (χ0v) is 9.52. The molecule has 0 aliphatic rings. The molecule has 1 rings (SSSR count). The molecule has 0 aliphatic heterocycles. The largest absolute Gasteiger partial charge is 0.366 e. The van der Waals surface area contributed by atoms with Crippen LogP contribution in [0, 0.1) is 0 Å². The van der Waals surface area contributed by atoms with Gasteiger partial charge in [0.25, 0.3) is 0 Å². The Hall–Kier alpha value is -1.42. The molecule has 0 atom stereocenters. The average molecular weight is 241 g/mol. The molecular formula is C10H12NO4P.